The van der Waals surface area contributed by atoms with E-state index in [4.69, 9.17) is 14.6 Å². The van der Waals surface area contributed by atoms with E-state index in [9.17, 15) is 9.59 Å². The smallest absolute Gasteiger partial charge is 0.344 e. The molecule has 0 unspecified atom stereocenters. The van der Waals surface area contributed by atoms with E-state index in [1.165, 1.54) is 0 Å². The fraction of sp³-hybridized carbons (Fsp3) is 0.615. The first-order chi connectivity index (χ1) is 10.1. The lowest BCUT2D eigenvalue weighted by Gasteiger charge is -2.25. The highest BCUT2D eigenvalue weighted by molar-refractivity contribution is 5.73. The van der Waals surface area contributed by atoms with Gasteiger partial charge >= 0.3 is 5.97 Å². The second-order valence-corrected chi connectivity index (χ2v) is 5.21. The molecule has 0 aromatic carbocycles. The van der Waals surface area contributed by atoms with Crippen molar-refractivity contribution in [3.8, 4) is 5.88 Å². The predicted octanol–water partition coefficient (Wildman–Crippen LogP) is 0.139. The van der Waals surface area contributed by atoms with Crippen molar-refractivity contribution in [2.75, 3.05) is 18.5 Å². The molecular formula is C13H17N3O5. The zero-order valence-electron chi connectivity index (χ0n) is 11.4. The summed E-state index contributed by atoms with van der Waals surface area (Å²) >= 11 is 0. The molecule has 8 heteroatoms. The largest absolute Gasteiger partial charge is 0.479 e. The summed E-state index contributed by atoms with van der Waals surface area (Å²) in [7, 11) is 0. The SMILES string of the molecule is O=C(O)[C@H]1CCc2c(nc(NC3CCOCC3)[nH]c2=O)O1. The number of aromatic amines is 1. The van der Waals surface area contributed by atoms with Crippen LogP contribution in [0.1, 0.15) is 24.8 Å². The fourth-order valence-corrected chi connectivity index (χ4v) is 2.54. The van der Waals surface area contributed by atoms with Crippen molar-refractivity contribution in [2.45, 2.75) is 37.8 Å². The molecule has 1 atom stereocenters. The second-order valence-electron chi connectivity index (χ2n) is 5.21. The van der Waals surface area contributed by atoms with Crippen molar-refractivity contribution in [1.82, 2.24) is 9.97 Å². The Morgan fingerprint density at radius 2 is 2.10 bits per heavy atom. The summed E-state index contributed by atoms with van der Waals surface area (Å²) in [6.07, 6.45) is 1.35. The van der Waals surface area contributed by atoms with Gasteiger partial charge in [-0.1, -0.05) is 0 Å². The van der Waals surface area contributed by atoms with Gasteiger partial charge in [0.2, 0.25) is 11.8 Å². The van der Waals surface area contributed by atoms with Crippen LogP contribution in [-0.4, -0.2) is 46.4 Å². The summed E-state index contributed by atoms with van der Waals surface area (Å²) < 4.78 is 10.6. The third-order valence-electron chi connectivity index (χ3n) is 3.73. The molecule has 1 fully saturated rings. The maximum atomic E-state index is 12.0. The summed E-state index contributed by atoms with van der Waals surface area (Å²) in [4.78, 5) is 29.9. The number of aliphatic carboxylic acids is 1. The Bertz CT molecular complexity index is 594. The van der Waals surface area contributed by atoms with Crippen molar-refractivity contribution in [3.63, 3.8) is 0 Å². The fourth-order valence-electron chi connectivity index (χ4n) is 2.54. The molecule has 0 amide bonds. The molecule has 1 aromatic heterocycles. The zero-order chi connectivity index (χ0) is 14.8. The third-order valence-corrected chi connectivity index (χ3v) is 3.73. The Hall–Kier alpha value is -2.09. The number of hydrogen-bond donors (Lipinski definition) is 3. The molecule has 3 rings (SSSR count). The summed E-state index contributed by atoms with van der Waals surface area (Å²) in [5.74, 6) is -0.606. The van der Waals surface area contributed by atoms with Gasteiger partial charge in [-0.2, -0.15) is 4.98 Å². The Morgan fingerprint density at radius 3 is 2.81 bits per heavy atom. The molecule has 1 saturated heterocycles. The van der Waals surface area contributed by atoms with E-state index in [0.29, 0.717) is 31.1 Å². The van der Waals surface area contributed by atoms with E-state index in [1.54, 1.807) is 0 Å². The molecule has 21 heavy (non-hydrogen) atoms. The van der Waals surface area contributed by atoms with Gasteiger partial charge in [0.1, 0.15) is 0 Å². The van der Waals surface area contributed by atoms with Gasteiger partial charge in [0.05, 0.1) is 5.56 Å². The van der Waals surface area contributed by atoms with Crippen molar-refractivity contribution in [3.05, 3.63) is 15.9 Å². The number of aromatic nitrogens is 2. The van der Waals surface area contributed by atoms with Crippen molar-refractivity contribution in [2.24, 2.45) is 0 Å². The summed E-state index contributed by atoms with van der Waals surface area (Å²) in [5.41, 5.74) is 0.128. The Balaban J connectivity index is 1.80. The number of nitrogens with one attached hydrogen (secondary N) is 2. The van der Waals surface area contributed by atoms with Crippen molar-refractivity contribution in [1.29, 1.82) is 0 Å². The van der Waals surface area contributed by atoms with Crippen LogP contribution in [0.15, 0.2) is 4.79 Å². The number of hydrogen-bond acceptors (Lipinski definition) is 6. The Kier molecular flexibility index (Phi) is 3.78. The average molecular weight is 295 g/mol. The maximum absolute atomic E-state index is 12.0. The van der Waals surface area contributed by atoms with Gasteiger partial charge < -0.3 is 19.9 Å². The molecule has 0 saturated carbocycles. The van der Waals surface area contributed by atoms with Gasteiger partial charge in [-0.15, -0.1) is 0 Å². The summed E-state index contributed by atoms with van der Waals surface area (Å²) in [6.45, 7) is 1.34. The lowest BCUT2D eigenvalue weighted by Crippen LogP contribution is -2.35. The molecule has 0 radical (unpaired) electrons. The molecule has 1 aromatic rings. The topological polar surface area (TPSA) is 114 Å². The minimum atomic E-state index is -1.04. The van der Waals surface area contributed by atoms with Gasteiger partial charge in [-0.05, 0) is 25.7 Å². The highest BCUT2D eigenvalue weighted by Crippen LogP contribution is 2.24. The lowest BCUT2D eigenvalue weighted by molar-refractivity contribution is -0.146. The highest BCUT2D eigenvalue weighted by Gasteiger charge is 2.29. The van der Waals surface area contributed by atoms with Gasteiger partial charge in [-0.3, -0.25) is 9.78 Å². The molecule has 2 aliphatic heterocycles. The first-order valence-corrected chi connectivity index (χ1v) is 7.00. The molecule has 8 nitrogen and oxygen atoms in total. The van der Waals surface area contributed by atoms with E-state index in [-0.39, 0.29) is 23.9 Å². The third kappa shape index (κ3) is 2.99. The molecule has 0 spiro atoms. The Labute approximate surface area is 120 Å². The number of carbonyl (C=O) groups is 1. The van der Waals surface area contributed by atoms with Crippen LogP contribution in [0, 0.1) is 0 Å². The van der Waals surface area contributed by atoms with Crippen LogP contribution in [0.4, 0.5) is 5.95 Å². The van der Waals surface area contributed by atoms with Crippen LogP contribution in [0.25, 0.3) is 0 Å². The van der Waals surface area contributed by atoms with Gasteiger partial charge in [0.25, 0.3) is 5.56 Å². The first-order valence-electron chi connectivity index (χ1n) is 7.00. The van der Waals surface area contributed by atoms with Crippen molar-refractivity contribution < 1.29 is 19.4 Å². The summed E-state index contributed by atoms with van der Waals surface area (Å²) in [6, 6.07) is 0.179. The normalized spacial score (nSPS) is 22.2. The lowest BCUT2D eigenvalue weighted by atomic mass is 10.1. The van der Waals surface area contributed by atoms with E-state index >= 15 is 0 Å². The molecule has 3 N–H and O–H groups in total. The number of carboxylic acids is 1. The monoisotopic (exact) mass is 295 g/mol. The Morgan fingerprint density at radius 1 is 1.33 bits per heavy atom. The van der Waals surface area contributed by atoms with E-state index in [1.807, 2.05) is 0 Å². The van der Waals surface area contributed by atoms with E-state index < -0.39 is 12.1 Å². The standard InChI is InChI=1S/C13H17N3O5/c17-10-8-1-2-9(12(18)19)21-11(8)16-13(15-10)14-7-3-5-20-6-4-7/h7,9H,1-6H2,(H,18,19)(H2,14,15,16,17)/t9-/m1/s1. The molecule has 2 aliphatic rings. The van der Waals surface area contributed by atoms with Crippen LogP contribution in [0.5, 0.6) is 5.88 Å². The highest BCUT2D eigenvalue weighted by atomic mass is 16.5. The number of fused-ring (bicyclic) bond motifs is 1. The van der Waals surface area contributed by atoms with Gasteiger partial charge in [0.15, 0.2) is 6.10 Å². The van der Waals surface area contributed by atoms with Crippen LogP contribution in [0.2, 0.25) is 0 Å². The molecule has 3 heterocycles. The number of rotatable bonds is 3. The quantitative estimate of drug-likeness (QED) is 0.726. The number of ether oxygens (including phenoxy) is 2. The number of H-pyrrole nitrogens is 1. The molecule has 0 bridgehead atoms. The number of nitrogens with zero attached hydrogens (tertiary/aromatic N) is 1. The van der Waals surface area contributed by atoms with Crippen LogP contribution in [0.3, 0.4) is 0 Å². The van der Waals surface area contributed by atoms with Gasteiger partial charge in [-0.25, -0.2) is 4.79 Å². The van der Waals surface area contributed by atoms with Gasteiger partial charge in [0, 0.05) is 19.3 Å². The maximum Gasteiger partial charge on any atom is 0.344 e. The van der Waals surface area contributed by atoms with Crippen LogP contribution in [-0.2, 0) is 16.0 Å². The zero-order valence-corrected chi connectivity index (χ0v) is 11.4. The second kappa shape index (κ2) is 5.72. The average Bonchev–Trinajstić information content (AvgIpc) is 2.47. The first kappa shape index (κ1) is 13.9. The number of carboxylic acid groups (broad SMARTS) is 1. The minimum Gasteiger partial charge on any atom is -0.479 e. The van der Waals surface area contributed by atoms with E-state index in [0.717, 1.165) is 12.8 Å². The van der Waals surface area contributed by atoms with Crippen LogP contribution < -0.4 is 15.6 Å². The molecular weight excluding hydrogens is 278 g/mol. The minimum absolute atomic E-state index is 0.118. The predicted molar refractivity (Wildman–Crippen MR) is 72.7 cm³/mol. The summed E-state index contributed by atoms with van der Waals surface area (Å²) in [5, 5.41) is 12.1. The number of anilines is 1. The van der Waals surface area contributed by atoms with E-state index in [2.05, 4.69) is 15.3 Å². The molecule has 0 aliphatic carbocycles. The van der Waals surface area contributed by atoms with Crippen LogP contribution >= 0.6 is 0 Å². The van der Waals surface area contributed by atoms with Crippen molar-refractivity contribution >= 4 is 11.9 Å². The molecule has 114 valence electrons.